The minimum Gasteiger partial charge on any atom is -0.103 e. The van der Waals surface area contributed by atoms with Gasteiger partial charge >= 0.3 is 0 Å². The van der Waals surface area contributed by atoms with E-state index in [9.17, 15) is 0 Å². The van der Waals surface area contributed by atoms with E-state index in [0.717, 1.165) is 34.4 Å². The third-order valence-corrected chi connectivity index (χ3v) is 5.46. The van der Waals surface area contributed by atoms with Crippen LogP contribution in [-0.4, -0.2) is 0 Å². The summed E-state index contributed by atoms with van der Waals surface area (Å²) in [5.74, 6) is 8.06. The molecule has 1 heteroatoms. The van der Waals surface area contributed by atoms with Crippen molar-refractivity contribution in [2.75, 3.05) is 0 Å². The lowest BCUT2D eigenvalue weighted by Crippen LogP contribution is -2.13. The first-order chi connectivity index (χ1) is 12.2. The maximum absolute atomic E-state index is 5.90. The van der Waals surface area contributed by atoms with E-state index in [1.165, 1.54) is 37.7 Å². The zero-order valence-electron chi connectivity index (χ0n) is 14.7. The third-order valence-electron chi connectivity index (χ3n) is 5.20. The molecule has 0 spiro atoms. The minimum atomic E-state index is 0.721. The number of hydrogen-bond donors (Lipinski definition) is 0. The molecule has 1 saturated carbocycles. The highest BCUT2D eigenvalue weighted by atomic mass is 35.5. The van der Waals surface area contributed by atoms with Gasteiger partial charge in [-0.2, -0.15) is 0 Å². The van der Waals surface area contributed by atoms with Crippen LogP contribution in [0.15, 0.2) is 61.2 Å². The molecule has 0 nitrogen and oxygen atoms in total. The van der Waals surface area contributed by atoms with Crippen LogP contribution in [0.3, 0.4) is 0 Å². The Morgan fingerprint density at radius 1 is 0.880 bits per heavy atom. The maximum atomic E-state index is 5.90. The summed E-state index contributed by atoms with van der Waals surface area (Å²) in [5, 5.41) is 0.745. The molecule has 0 bridgehead atoms. The SMILES string of the molecule is C=CCCC1CCC(c2ccc(C#Cc3ccc(Cl)cc3)cc2)CC1. The quantitative estimate of drug-likeness (QED) is 0.413. The van der Waals surface area contributed by atoms with Crippen LogP contribution in [0.25, 0.3) is 0 Å². The zero-order chi connectivity index (χ0) is 17.5. The molecule has 0 amide bonds. The third kappa shape index (κ3) is 5.25. The van der Waals surface area contributed by atoms with Crippen molar-refractivity contribution >= 4 is 11.6 Å². The van der Waals surface area contributed by atoms with Gasteiger partial charge in [-0.15, -0.1) is 6.58 Å². The Kier molecular flexibility index (Phi) is 6.37. The average molecular weight is 349 g/mol. The van der Waals surface area contributed by atoms with Crippen molar-refractivity contribution in [1.29, 1.82) is 0 Å². The summed E-state index contributed by atoms with van der Waals surface area (Å²) in [4.78, 5) is 0. The van der Waals surface area contributed by atoms with Gasteiger partial charge in [0, 0.05) is 16.1 Å². The molecule has 0 aliphatic heterocycles. The normalized spacial score (nSPS) is 19.7. The number of hydrogen-bond acceptors (Lipinski definition) is 0. The van der Waals surface area contributed by atoms with E-state index in [-0.39, 0.29) is 0 Å². The van der Waals surface area contributed by atoms with E-state index in [0.29, 0.717) is 0 Å². The van der Waals surface area contributed by atoms with Crippen LogP contribution < -0.4 is 0 Å². The van der Waals surface area contributed by atoms with Gasteiger partial charge in [-0.05, 0) is 92.3 Å². The Balaban J connectivity index is 1.58. The van der Waals surface area contributed by atoms with Gasteiger partial charge in [0.15, 0.2) is 0 Å². The molecule has 0 atom stereocenters. The predicted molar refractivity (Wildman–Crippen MR) is 108 cm³/mol. The standard InChI is InChI=1S/C24H25Cl/c1-2-3-4-19-7-13-22(14-8-19)23-15-9-20(10-16-23)5-6-21-11-17-24(25)18-12-21/h2,9-12,15-19,22H,1,3-4,7-8,13-14H2. The van der Waals surface area contributed by atoms with Crippen LogP contribution in [-0.2, 0) is 0 Å². The summed E-state index contributed by atoms with van der Waals surface area (Å²) in [5.41, 5.74) is 3.53. The van der Waals surface area contributed by atoms with Gasteiger partial charge < -0.3 is 0 Å². The van der Waals surface area contributed by atoms with Gasteiger partial charge in [0.2, 0.25) is 0 Å². The van der Waals surface area contributed by atoms with Crippen molar-refractivity contribution in [1.82, 2.24) is 0 Å². The molecule has 2 aromatic carbocycles. The summed E-state index contributed by atoms with van der Waals surface area (Å²) in [7, 11) is 0. The topological polar surface area (TPSA) is 0 Å². The highest BCUT2D eigenvalue weighted by molar-refractivity contribution is 6.30. The summed E-state index contributed by atoms with van der Waals surface area (Å²) in [6.45, 7) is 3.84. The fourth-order valence-corrected chi connectivity index (χ4v) is 3.78. The summed E-state index contributed by atoms with van der Waals surface area (Å²) >= 11 is 5.90. The summed E-state index contributed by atoms with van der Waals surface area (Å²) in [6.07, 6.45) is 9.88. The lowest BCUT2D eigenvalue weighted by Gasteiger charge is -2.28. The smallest absolute Gasteiger partial charge is 0.0406 e. The van der Waals surface area contributed by atoms with Gasteiger partial charge in [-0.3, -0.25) is 0 Å². The molecular weight excluding hydrogens is 324 g/mol. The Bertz CT molecular complexity index is 735. The molecule has 0 radical (unpaired) electrons. The maximum Gasteiger partial charge on any atom is 0.0406 e. The number of halogens is 1. The molecule has 0 unspecified atom stereocenters. The molecule has 1 aliphatic carbocycles. The van der Waals surface area contributed by atoms with Crippen molar-refractivity contribution in [2.45, 2.75) is 44.4 Å². The Morgan fingerprint density at radius 2 is 1.44 bits per heavy atom. The summed E-state index contributed by atoms with van der Waals surface area (Å²) in [6, 6.07) is 16.5. The first-order valence-corrected chi connectivity index (χ1v) is 9.61. The molecule has 0 heterocycles. The molecule has 1 aliphatic rings. The molecule has 0 N–H and O–H groups in total. The van der Waals surface area contributed by atoms with Gasteiger partial charge in [-0.25, -0.2) is 0 Å². The Labute approximate surface area is 156 Å². The number of rotatable bonds is 4. The van der Waals surface area contributed by atoms with Crippen LogP contribution in [0.4, 0.5) is 0 Å². The first-order valence-electron chi connectivity index (χ1n) is 9.23. The van der Waals surface area contributed by atoms with Crippen LogP contribution >= 0.6 is 11.6 Å². The second kappa shape index (κ2) is 8.93. The van der Waals surface area contributed by atoms with Crippen molar-refractivity contribution in [3.05, 3.63) is 82.9 Å². The lowest BCUT2D eigenvalue weighted by molar-refractivity contribution is 0.312. The van der Waals surface area contributed by atoms with E-state index in [1.807, 2.05) is 24.3 Å². The Hall–Kier alpha value is -1.97. The van der Waals surface area contributed by atoms with Crippen molar-refractivity contribution < 1.29 is 0 Å². The minimum absolute atomic E-state index is 0.721. The molecule has 0 saturated heterocycles. The van der Waals surface area contributed by atoms with Crippen LogP contribution in [0.2, 0.25) is 5.02 Å². The fourth-order valence-electron chi connectivity index (χ4n) is 3.65. The second-order valence-electron chi connectivity index (χ2n) is 6.96. The van der Waals surface area contributed by atoms with Gasteiger partial charge in [-0.1, -0.05) is 41.7 Å². The van der Waals surface area contributed by atoms with Crippen LogP contribution in [0.5, 0.6) is 0 Å². The van der Waals surface area contributed by atoms with E-state index in [1.54, 1.807) is 0 Å². The molecule has 1 fully saturated rings. The molecule has 3 rings (SSSR count). The molecule has 2 aromatic rings. The van der Waals surface area contributed by atoms with Crippen molar-refractivity contribution in [3.8, 4) is 11.8 Å². The molecule has 128 valence electrons. The van der Waals surface area contributed by atoms with E-state index in [4.69, 9.17) is 11.6 Å². The second-order valence-corrected chi connectivity index (χ2v) is 7.40. The highest BCUT2D eigenvalue weighted by Gasteiger charge is 2.21. The lowest BCUT2D eigenvalue weighted by atomic mass is 9.77. The zero-order valence-corrected chi connectivity index (χ0v) is 15.4. The van der Waals surface area contributed by atoms with E-state index >= 15 is 0 Å². The van der Waals surface area contributed by atoms with Crippen molar-refractivity contribution in [2.24, 2.45) is 5.92 Å². The highest BCUT2D eigenvalue weighted by Crippen LogP contribution is 2.37. The molecule has 0 aromatic heterocycles. The monoisotopic (exact) mass is 348 g/mol. The first kappa shape index (κ1) is 17.8. The molecular formula is C24H25Cl. The van der Waals surface area contributed by atoms with Crippen LogP contribution in [0.1, 0.15) is 61.1 Å². The fraction of sp³-hybridized carbons (Fsp3) is 0.333. The van der Waals surface area contributed by atoms with Crippen LogP contribution in [0, 0.1) is 17.8 Å². The van der Waals surface area contributed by atoms with Gasteiger partial charge in [0.25, 0.3) is 0 Å². The predicted octanol–water partition coefficient (Wildman–Crippen LogP) is 6.98. The molecule has 25 heavy (non-hydrogen) atoms. The van der Waals surface area contributed by atoms with E-state index < -0.39 is 0 Å². The average Bonchev–Trinajstić information content (AvgIpc) is 2.67. The summed E-state index contributed by atoms with van der Waals surface area (Å²) < 4.78 is 0. The van der Waals surface area contributed by atoms with Gasteiger partial charge in [0.05, 0.1) is 0 Å². The Morgan fingerprint density at radius 3 is 2.00 bits per heavy atom. The number of benzene rings is 2. The van der Waals surface area contributed by atoms with Gasteiger partial charge in [0.1, 0.15) is 0 Å². The number of allylic oxidation sites excluding steroid dienone is 1. The van der Waals surface area contributed by atoms with Crippen molar-refractivity contribution in [3.63, 3.8) is 0 Å². The largest absolute Gasteiger partial charge is 0.103 e. The van der Waals surface area contributed by atoms with E-state index in [2.05, 4.69) is 48.8 Å².